The molecule has 0 bridgehead atoms. The predicted molar refractivity (Wildman–Crippen MR) is 53.1 cm³/mol. The third-order valence-electron chi connectivity index (χ3n) is 2.06. The van der Waals surface area contributed by atoms with Crippen molar-refractivity contribution in [1.29, 1.82) is 0 Å². The highest BCUT2D eigenvalue weighted by atomic mass is 16.6. The molecule has 0 heterocycles. The van der Waals surface area contributed by atoms with Gasteiger partial charge in [-0.3, -0.25) is 10.1 Å². The van der Waals surface area contributed by atoms with Crippen molar-refractivity contribution in [3.63, 3.8) is 0 Å². The Balaban J connectivity index is 2.84. The maximum Gasteiger partial charge on any atom is 0.269 e. The van der Waals surface area contributed by atoms with Crippen molar-refractivity contribution in [2.45, 2.75) is 12.1 Å². The zero-order chi connectivity index (χ0) is 11.4. The molecule has 82 valence electrons. The highest BCUT2D eigenvalue weighted by Crippen LogP contribution is 2.19. The summed E-state index contributed by atoms with van der Waals surface area (Å²) in [5.74, 6) is 0. The van der Waals surface area contributed by atoms with E-state index in [0.717, 1.165) is 0 Å². The Morgan fingerprint density at radius 3 is 2.33 bits per heavy atom. The molecule has 0 saturated carbocycles. The molecular weight excluding hydrogens is 200 g/mol. The molecule has 15 heavy (non-hydrogen) atoms. The predicted octanol–water partition coefficient (Wildman–Crippen LogP) is -0.0522. The van der Waals surface area contributed by atoms with E-state index in [9.17, 15) is 15.2 Å². The number of non-ortho nitro benzene ring substituents is 1. The van der Waals surface area contributed by atoms with Crippen LogP contribution in [0, 0.1) is 10.1 Å². The second kappa shape index (κ2) is 4.83. The van der Waals surface area contributed by atoms with Gasteiger partial charge in [-0.05, 0) is 17.7 Å². The summed E-state index contributed by atoms with van der Waals surface area (Å²) >= 11 is 0. The van der Waals surface area contributed by atoms with Crippen molar-refractivity contribution in [2.75, 3.05) is 6.61 Å². The number of hydrogen-bond acceptors (Lipinski definition) is 5. The molecule has 4 N–H and O–H groups in total. The van der Waals surface area contributed by atoms with Crippen LogP contribution in [-0.2, 0) is 0 Å². The van der Waals surface area contributed by atoms with Crippen LogP contribution < -0.4 is 5.73 Å². The lowest BCUT2D eigenvalue weighted by Gasteiger charge is -2.16. The van der Waals surface area contributed by atoms with Crippen molar-refractivity contribution in [3.05, 3.63) is 39.9 Å². The van der Waals surface area contributed by atoms with Gasteiger partial charge in [0.2, 0.25) is 0 Å². The lowest BCUT2D eigenvalue weighted by Crippen LogP contribution is -2.31. The van der Waals surface area contributed by atoms with Crippen LogP contribution in [0.2, 0.25) is 0 Å². The van der Waals surface area contributed by atoms with Crippen LogP contribution in [-0.4, -0.2) is 27.8 Å². The number of aliphatic hydroxyl groups is 2. The quantitative estimate of drug-likeness (QED) is 0.478. The lowest BCUT2D eigenvalue weighted by molar-refractivity contribution is -0.384. The number of rotatable bonds is 4. The molecule has 6 nitrogen and oxygen atoms in total. The third kappa shape index (κ3) is 2.72. The summed E-state index contributed by atoms with van der Waals surface area (Å²) in [4.78, 5) is 9.82. The number of aliphatic hydroxyl groups excluding tert-OH is 2. The van der Waals surface area contributed by atoms with E-state index >= 15 is 0 Å². The van der Waals surface area contributed by atoms with Crippen LogP contribution in [0.15, 0.2) is 24.3 Å². The molecule has 1 aromatic carbocycles. The highest BCUT2D eigenvalue weighted by molar-refractivity contribution is 5.34. The summed E-state index contributed by atoms with van der Waals surface area (Å²) in [7, 11) is 0. The molecule has 0 aliphatic carbocycles. The smallest absolute Gasteiger partial charge is 0.269 e. The molecule has 6 heteroatoms. The van der Waals surface area contributed by atoms with Crippen LogP contribution in [0.25, 0.3) is 0 Å². The van der Waals surface area contributed by atoms with Gasteiger partial charge in [-0.1, -0.05) is 0 Å². The van der Waals surface area contributed by atoms with Crippen molar-refractivity contribution >= 4 is 5.69 Å². The Bertz CT molecular complexity index is 338. The summed E-state index contributed by atoms with van der Waals surface area (Å²) < 4.78 is 0. The van der Waals surface area contributed by atoms with E-state index in [4.69, 9.17) is 10.8 Å². The van der Waals surface area contributed by atoms with Crippen molar-refractivity contribution < 1.29 is 15.1 Å². The summed E-state index contributed by atoms with van der Waals surface area (Å²) in [6.07, 6.45) is -1.02. The van der Waals surface area contributed by atoms with Crippen molar-refractivity contribution in [2.24, 2.45) is 5.73 Å². The Morgan fingerprint density at radius 1 is 1.40 bits per heavy atom. The van der Waals surface area contributed by atoms with Gasteiger partial charge >= 0.3 is 0 Å². The van der Waals surface area contributed by atoms with E-state index in [1.165, 1.54) is 24.3 Å². The first-order valence-electron chi connectivity index (χ1n) is 4.35. The molecule has 0 amide bonds. The molecule has 0 fully saturated rings. The lowest BCUT2D eigenvalue weighted by atomic mass is 10.0. The molecule has 1 aromatic rings. The summed E-state index contributed by atoms with van der Waals surface area (Å²) in [6.45, 7) is -0.349. The summed E-state index contributed by atoms with van der Waals surface area (Å²) in [5, 5.41) is 28.6. The van der Waals surface area contributed by atoms with E-state index < -0.39 is 17.1 Å². The van der Waals surface area contributed by atoms with E-state index in [0.29, 0.717) is 5.56 Å². The number of hydrogen-bond donors (Lipinski definition) is 3. The van der Waals surface area contributed by atoms with Crippen LogP contribution in [0.5, 0.6) is 0 Å². The van der Waals surface area contributed by atoms with Gasteiger partial charge in [0.1, 0.15) is 0 Å². The fourth-order valence-corrected chi connectivity index (χ4v) is 1.14. The van der Waals surface area contributed by atoms with Gasteiger partial charge in [0.15, 0.2) is 0 Å². The van der Waals surface area contributed by atoms with Gasteiger partial charge in [0, 0.05) is 12.1 Å². The molecule has 2 atom stereocenters. The number of nitrogens with two attached hydrogens (primary N) is 1. The van der Waals surface area contributed by atoms with E-state index in [-0.39, 0.29) is 12.3 Å². The first-order valence-corrected chi connectivity index (χ1v) is 4.35. The number of nitro groups is 1. The maximum atomic E-state index is 10.4. The van der Waals surface area contributed by atoms with Crippen LogP contribution >= 0.6 is 0 Å². The highest BCUT2D eigenvalue weighted by Gasteiger charge is 2.16. The third-order valence-corrected chi connectivity index (χ3v) is 2.06. The Morgan fingerprint density at radius 2 is 1.93 bits per heavy atom. The first-order chi connectivity index (χ1) is 7.06. The van der Waals surface area contributed by atoms with Gasteiger partial charge in [0.25, 0.3) is 5.69 Å². The van der Waals surface area contributed by atoms with E-state index in [1.807, 2.05) is 0 Å². The zero-order valence-corrected chi connectivity index (χ0v) is 7.91. The minimum absolute atomic E-state index is 0.0523. The molecule has 0 unspecified atom stereocenters. The molecular formula is C9H12N2O4. The average molecular weight is 212 g/mol. The summed E-state index contributed by atoms with van der Waals surface area (Å²) in [5.41, 5.74) is 5.81. The fraction of sp³-hybridized carbons (Fsp3) is 0.333. The molecule has 0 spiro atoms. The molecule has 0 aromatic heterocycles. The van der Waals surface area contributed by atoms with Crippen molar-refractivity contribution in [3.8, 4) is 0 Å². The van der Waals surface area contributed by atoms with Gasteiger partial charge in [-0.2, -0.15) is 0 Å². The van der Waals surface area contributed by atoms with Gasteiger partial charge in [0.05, 0.1) is 23.7 Å². The molecule has 0 saturated heterocycles. The number of nitro benzene ring substituents is 1. The van der Waals surface area contributed by atoms with Gasteiger partial charge in [-0.15, -0.1) is 0 Å². The minimum atomic E-state index is -1.02. The van der Waals surface area contributed by atoms with E-state index in [2.05, 4.69) is 0 Å². The van der Waals surface area contributed by atoms with Crippen LogP contribution in [0.4, 0.5) is 5.69 Å². The molecule has 0 radical (unpaired) electrons. The standard InChI is InChI=1S/C9H12N2O4/c10-8(5-12)9(13)6-1-3-7(4-2-6)11(14)15/h1-4,8-9,12-13H,5,10H2/t8-,9+/m0/s1. The van der Waals surface area contributed by atoms with Crippen LogP contribution in [0.1, 0.15) is 11.7 Å². The second-order valence-corrected chi connectivity index (χ2v) is 3.14. The fourth-order valence-electron chi connectivity index (χ4n) is 1.14. The normalized spacial score (nSPS) is 14.6. The largest absolute Gasteiger partial charge is 0.395 e. The molecule has 0 aliphatic rings. The average Bonchev–Trinajstić information content (AvgIpc) is 2.27. The van der Waals surface area contributed by atoms with Gasteiger partial charge in [-0.25, -0.2) is 0 Å². The van der Waals surface area contributed by atoms with E-state index in [1.54, 1.807) is 0 Å². The summed E-state index contributed by atoms with van der Waals surface area (Å²) in [6, 6.07) is 4.61. The maximum absolute atomic E-state index is 10.4. The Labute approximate surface area is 86.1 Å². The monoisotopic (exact) mass is 212 g/mol. The molecule has 0 aliphatic heterocycles. The Hall–Kier alpha value is -1.50. The topological polar surface area (TPSA) is 110 Å². The second-order valence-electron chi connectivity index (χ2n) is 3.14. The minimum Gasteiger partial charge on any atom is -0.395 e. The number of nitrogens with zero attached hydrogens (tertiary/aromatic N) is 1. The zero-order valence-electron chi connectivity index (χ0n) is 7.91. The molecule has 1 rings (SSSR count). The van der Waals surface area contributed by atoms with Gasteiger partial charge < -0.3 is 15.9 Å². The number of benzene rings is 1. The Kier molecular flexibility index (Phi) is 3.73. The SMILES string of the molecule is N[C@@H](CO)[C@H](O)c1ccc([N+](=O)[O-])cc1. The van der Waals surface area contributed by atoms with Crippen LogP contribution in [0.3, 0.4) is 0 Å². The first kappa shape index (κ1) is 11.6. The van der Waals surface area contributed by atoms with Crippen molar-refractivity contribution in [1.82, 2.24) is 0 Å².